The molecule has 0 unspecified atom stereocenters. The zero-order valence-corrected chi connectivity index (χ0v) is 7.95. The molecule has 0 aromatic heterocycles. The standard InChI is InChI=1S/C10H10FNO2/c1-7(13)10(12-14-2)8-3-5-9(11)6-4-8/h3-6H,1-2H3. The van der Waals surface area contributed by atoms with Gasteiger partial charge in [-0.05, 0) is 24.3 Å². The maximum Gasteiger partial charge on any atom is 0.182 e. The molecule has 0 atom stereocenters. The van der Waals surface area contributed by atoms with Gasteiger partial charge in [-0.15, -0.1) is 0 Å². The summed E-state index contributed by atoms with van der Waals surface area (Å²) in [4.78, 5) is 15.6. The lowest BCUT2D eigenvalue weighted by Gasteiger charge is -2.00. The molecular weight excluding hydrogens is 185 g/mol. The lowest BCUT2D eigenvalue weighted by molar-refractivity contribution is -0.111. The molecule has 0 fully saturated rings. The number of carbonyl (C=O) groups excluding carboxylic acids is 1. The zero-order valence-electron chi connectivity index (χ0n) is 7.95. The van der Waals surface area contributed by atoms with Crippen molar-refractivity contribution in [3.8, 4) is 0 Å². The molecule has 0 heterocycles. The van der Waals surface area contributed by atoms with E-state index in [0.717, 1.165) is 0 Å². The maximum absolute atomic E-state index is 12.6. The van der Waals surface area contributed by atoms with E-state index in [1.807, 2.05) is 0 Å². The number of hydrogen-bond acceptors (Lipinski definition) is 3. The molecule has 0 aliphatic rings. The molecule has 0 bridgehead atoms. The monoisotopic (exact) mass is 195 g/mol. The van der Waals surface area contributed by atoms with E-state index in [9.17, 15) is 9.18 Å². The molecule has 0 aliphatic heterocycles. The van der Waals surface area contributed by atoms with Crippen molar-refractivity contribution in [1.82, 2.24) is 0 Å². The van der Waals surface area contributed by atoms with Crippen LogP contribution in [-0.2, 0) is 9.63 Å². The van der Waals surface area contributed by atoms with Crippen LogP contribution in [-0.4, -0.2) is 18.6 Å². The van der Waals surface area contributed by atoms with E-state index in [2.05, 4.69) is 9.99 Å². The molecule has 0 spiro atoms. The predicted octanol–water partition coefficient (Wildman–Crippen LogP) is 1.77. The molecule has 0 aliphatic carbocycles. The second-order valence-corrected chi connectivity index (χ2v) is 2.69. The summed E-state index contributed by atoms with van der Waals surface area (Å²) in [6.07, 6.45) is 0. The number of oxime groups is 1. The number of rotatable bonds is 3. The third-order valence-electron chi connectivity index (χ3n) is 1.63. The van der Waals surface area contributed by atoms with Crippen LogP contribution in [0.25, 0.3) is 0 Å². The summed E-state index contributed by atoms with van der Waals surface area (Å²) >= 11 is 0. The number of hydrogen-bond donors (Lipinski definition) is 0. The average molecular weight is 195 g/mol. The van der Waals surface area contributed by atoms with E-state index < -0.39 is 0 Å². The topological polar surface area (TPSA) is 38.7 Å². The second-order valence-electron chi connectivity index (χ2n) is 2.69. The maximum atomic E-state index is 12.6. The van der Waals surface area contributed by atoms with Crippen molar-refractivity contribution in [2.24, 2.45) is 5.16 Å². The van der Waals surface area contributed by atoms with E-state index in [0.29, 0.717) is 5.56 Å². The van der Waals surface area contributed by atoms with Crippen molar-refractivity contribution in [2.75, 3.05) is 7.11 Å². The number of ketones is 1. The van der Waals surface area contributed by atoms with Gasteiger partial charge in [0.15, 0.2) is 11.5 Å². The number of nitrogens with zero attached hydrogens (tertiary/aromatic N) is 1. The summed E-state index contributed by atoms with van der Waals surface area (Å²) in [5.74, 6) is -0.576. The fourth-order valence-corrected chi connectivity index (χ4v) is 1.02. The van der Waals surface area contributed by atoms with Crippen molar-refractivity contribution in [1.29, 1.82) is 0 Å². The van der Waals surface area contributed by atoms with Crippen LogP contribution in [0.2, 0.25) is 0 Å². The van der Waals surface area contributed by atoms with Crippen LogP contribution in [0.4, 0.5) is 4.39 Å². The summed E-state index contributed by atoms with van der Waals surface area (Å²) in [6.45, 7) is 1.38. The van der Waals surface area contributed by atoms with Gasteiger partial charge in [-0.3, -0.25) is 4.79 Å². The van der Waals surface area contributed by atoms with Gasteiger partial charge < -0.3 is 4.84 Å². The Balaban J connectivity index is 3.06. The van der Waals surface area contributed by atoms with Crippen LogP contribution >= 0.6 is 0 Å². The Morgan fingerprint density at radius 1 is 1.36 bits per heavy atom. The van der Waals surface area contributed by atoms with Crippen molar-refractivity contribution >= 4 is 11.5 Å². The van der Waals surface area contributed by atoms with E-state index in [4.69, 9.17) is 0 Å². The van der Waals surface area contributed by atoms with Gasteiger partial charge in [0.05, 0.1) is 0 Å². The summed E-state index contributed by atoms with van der Waals surface area (Å²) < 4.78 is 12.6. The Bertz CT molecular complexity index is 357. The third kappa shape index (κ3) is 2.39. The number of carbonyl (C=O) groups is 1. The molecule has 0 saturated carbocycles. The molecule has 0 N–H and O–H groups in total. The first kappa shape index (κ1) is 10.4. The van der Waals surface area contributed by atoms with E-state index in [-0.39, 0.29) is 17.3 Å². The minimum absolute atomic E-state index is 0.188. The Morgan fingerprint density at radius 2 is 1.93 bits per heavy atom. The van der Waals surface area contributed by atoms with Gasteiger partial charge in [-0.1, -0.05) is 5.16 Å². The normalized spacial score (nSPS) is 11.2. The fourth-order valence-electron chi connectivity index (χ4n) is 1.02. The Labute approximate surface area is 81.2 Å². The van der Waals surface area contributed by atoms with Crippen molar-refractivity contribution in [3.05, 3.63) is 35.6 Å². The Hall–Kier alpha value is -1.71. The molecule has 3 nitrogen and oxygen atoms in total. The highest BCUT2D eigenvalue weighted by molar-refractivity contribution is 6.45. The summed E-state index contributed by atoms with van der Waals surface area (Å²) in [5, 5.41) is 3.57. The third-order valence-corrected chi connectivity index (χ3v) is 1.63. The van der Waals surface area contributed by atoms with Gasteiger partial charge in [0.25, 0.3) is 0 Å². The van der Waals surface area contributed by atoms with Gasteiger partial charge >= 0.3 is 0 Å². The lowest BCUT2D eigenvalue weighted by Crippen LogP contribution is -2.11. The quantitative estimate of drug-likeness (QED) is 0.544. The lowest BCUT2D eigenvalue weighted by atomic mass is 10.1. The smallest absolute Gasteiger partial charge is 0.182 e. The molecule has 74 valence electrons. The summed E-state index contributed by atoms with van der Waals surface area (Å²) in [5.41, 5.74) is 0.730. The fraction of sp³-hybridized carbons (Fsp3) is 0.200. The van der Waals surface area contributed by atoms with Gasteiger partial charge in [0, 0.05) is 12.5 Å². The molecule has 14 heavy (non-hydrogen) atoms. The number of Topliss-reactive ketones (excluding diaryl/α,β-unsaturated/α-hetero) is 1. The predicted molar refractivity (Wildman–Crippen MR) is 50.6 cm³/mol. The van der Waals surface area contributed by atoms with Crippen molar-refractivity contribution < 1.29 is 14.0 Å². The van der Waals surface area contributed by atoms with Crippen LogP contribution in [0.15, 0.2) is 29.4 Å². The van der Waals surface area contributed by atoms with Crippen molar-refractivity contribution in [2.45, 2.75) is 6.92 Å². The molecule has 0 radical (unpaired) electrons. The minimum Gasteiger partial charge on any atom is -0.399 e. The number of benzene rings is 1. The zero-order chi connectivity index (χ0) is 10.6. The Morgan fingerprint density at radius 3 is 2.36 bits per heavy atom. The van der Waals surface area contributed by atoms with Gasteiger partial charge in [0.1, 0.15) is 12.9 Å². The SMILES string of the molecule is CON=C(C(C)=O)c1ccc(F)cc1. The highest BCUT2D eigenvalue weighted by Crippen LogP contribution is 2.05. The molecule has 4 heteroatoms. The van der Waals surface area contributed by atoms with Gasteiger partial charge in [-0.2, -0.15) is 0 Å². The van der Waals surface area contributed by atoms with Crippen LogP contribution < -0.4 is 0 Å². The van der Waals surface area contributed by atoms with Gasteiger partial charge in [-0.25, -0.2) is 4.39 Å². The first-order valence-electron chi connectivity index (χ1n) is 4.03. The highest BCUT2D eigenvalue weighted by Gasteiger charge is 2.09. The van der Waals surface area contributed by atoms with E-state index >= 15 is 0 Å². The molecule has 0 saturated heterocycles. The second kappa shape index (κ2) is 4.50. The Kier molecular flexibility index (Phi) is 3.34. The summed E-state index contributed by atoms with van der Waals surface area (Å²) in [7, 11) is 1.35. The highest BCUT2D eigenvalue weighted by atomic mass is 19.1. The van der Waals surface area contributed by atoms with Crippen LogP contribution in [0, 0.1) is 5.82 Å². The van der Waals surface area contributed by atoms with Crippen LogP contribution in [0.3, 0.4) is 0 Å². The summed E-state index contributed by atoms with van der Waals surface area (Å²) in [6, 6.07) is 5.50. The van der Waals surface area contributed by atoms with E-state index in [1.165, 1.54) is 38.3 Å². The number of halogens is 1. The van der Waals surface area contributed by atoms with E-state index in [1.54, 1.807) is 0 Å². The first-order chi connectivity index (χ1) is 6.65. The van der Waals surface area contributed by atoms with Crippen LogP contribution in [0.1, 0.15) is 12.5 Å². The molecular formula is C10H10FNO2. The average Bonchev–Trinajstić information content (AvgIpc) is 2.15. The first-order valence-corrected chi connectivity index (χ1v) is 4.03. The minimum atomic E-state index is -0.353. The molecule has 0 amide bonds. The molecule has 1 aromatic rings. The van der Waals surface area contributed by atoms with Crippen LogP contribution in [0.5, 0.6) is 0 Å². The van der Waals surface area contributed by atoms with Gasteiger partial charge in [0.2, 0.25) is 0 Å². The molecule has 1 aromatic carbocycles. The van der Waals surface area contributed by atoms with Crippen molar-refractivity contribution in [3.63, 3.8) is 0 Å². The molecule has 1 rings (SSSR count). The largest absolute Gasteiger partial charge is 0.399 e.